The monoisotopic (exact) mass is 234 g/mol. The molecule has 0 amide bonds. The first-order valence-corrected chi connectivity index (χ1v) is 5.06. The number of aromatic nitrogens is 1. The fourth-order valence-electron chi connectivity index (χ4n) is 1.48. The SMILES string of the molecule is CN=c1occn1CC(=O)c1ccc(F)cc1. The molecule has 0 fully saturated rings. The lowest BCUT2D eigenvalue weighted by Crippen LogP contribution is -2.20. The van der Waals surface area contributed by atoms with Gasteiger partial charge in [-0.1, -0.05) is 0 Å². The Morgan fingerprint density at radius 2 is 2.12 bits per heavy atom. The van der Waals surface area contributed by atoms with E-state index in [0.717, 1.165) is 0 Å². The normalized spacial score (nSPS) is 11.8. The molecule has 0 aliphatic rings. The van der Waals surface area contributed by atoms with Crippen LogP contribution in [-0.2, 0) is 6.54 Å². The van der Waals surface area contributed by atoms with Crippen LogP contribution in [0.3, 0.4) is 0 Å². The minimum atomic E-state index is -0.359. The molecule has 1 heterocycles. The van der Waals surface area contributed by atoms with Crippen molar-refractivity contribution < 1.29 is 13.6 Å². The molecule has 5 heteroatoms. The third kappa shape index (κ3) is 2.50. The van der Waals surface area contributed by atoms with Crippen molar-refractivity contribution in [1.82, 2.24) is 4.57 Å². The van der Waals surface area contributed by atoms with Gasteiger partial charge >= 0.3 is 0 Å². The van der Waals surface area contributed by atoms with E-state index in [9.17, 15) is 9.18 Å². The molecule has 88 valence electrons. The van der Waals surface area contributed by atoms with Gasteiger partial charge in [-0.25, -0.2) is 9.38 Å². The van der Waals surface area contributed by atoms with Crippen LogP contribution in [-0.4, -0.2) is 17.4 Å². The number of oxazole rings is 1. The Kier molecular flexibility index (Phi) is 3.18. The zero-order valence-electron chi connectivity index (χ0n) is 9.26. The highest BCUT2D eigenvalue weighted by Gasteiger charge is 2.08. The number of Topliss-reactive ketones (excluding diaryl/α,β-unsaturated/α-hetero) is 1. The van der Waals surface area contributed by atoms with Crippen LogP contribution in [0, 0.1) is 5.82 Å². The van der Waals surface area contributed by atoms with Crippen LogP contribution < -0.4 is 5.68 Å². The summed E-state index contributed by atoms with van der Waals surface area (Å²) in [5, 5.41) is 0. The van der Waals surface area contributed by atoms with Gasteiger partial charge in [-0.15, -0.1) is 0 Å². The maximum absolute atomic E-state index is 12.7. The van der Waals surface area contributed by atoms with Gasteiger partial charge in [0.1, 0.15) is 12.1 Å². The van der Waals surface area contributed by atoms with Crippen LogP contribution in [0.15, 0.2) is 46.1 Å². The van der Waals surface area contributed by atoms with Gasteiger partial charge in [0.25, 0.3) is 5.68 Å². The fourth-order valence-corrected chi connectivity index (χ4v) is 1.48. The van der Waals surface area contributed by atoms with Crippen LogP contribution in [0.2, 0.25) is 0 Å². The summed E-state index contributed by atoms with van der Waals surface area (Å²) in [4.78, 5) is 15.7. The largest absolute Gasteiger partial charge is 0.432 e. The fraction of sp³-hybridized carbons (Fsp3) is 0.167. The van der Waals surface area contributed by atoms with Crippen molar-refractivity contribution in [1.29, 1.82) is 0 Å². The molecule has 0 bridgehead atoms. The first-order valence-electron chi connectivity index (χ1n) is 5.06. The molecule has 1 aromatic heterocycles. The Balaban J connectivity index is 2.20. The first kappa shape index (κ1) is 11.3. The lowest BCUT2D eigenvalue weighted by atomic mass is 10.1. The van der Waals surface area contributed by atoms with Crippen LogP contribution in [0.1, 0.15) is 10.4 Å². The van der Waals surface area contributed by atoms with Gasteiger partial charge < -0.3 is 4.42 Å². The maximum Gasteiger partial charge on any atom is 0.296 e. The second-order valence-electron chi connectivity index (χ2n) is 3.47. The smallest absolute Gasteiger partial charge is 0.296 e. The minimum Gasteiger partial charge on any atom is -0.432 e. The Bertz CT molecular complexity index is 581. The Labute approximate surface area is 97.0 Å². The molecule has 0 radical (unpaired) electrons. The molecule has 0 aliphatic heterocycles. The molecular weight excluding hydrogens is 223 g/mol. The highest BCUT2D eigenvalue weighted by atomic mass is 19.1. The summed E-state index contributed by atoms with van der Waals surface area (Å²) in [5.41, 5.74) is 0.836. The molecule has 0 N–H and O–H groups in total. The highest BCUT2D eigenvalue weighted by molar-refractivity contribution is 5.95. The molecule has 0 aliphatic carbocycles. The van der Waals surface area contributed by atoms with E-state index < -0.39 is 0 Å². The number of ketones is 1. The lowest BCUT2D eigenvalue weighted by Gasteiger charge is -2.01. The zero-order chi connectivity index (χ0) is 12.3. The zero-order valence-corrected chi connectivity index (χ0v) is 9.26. The van der Waals surface area contributed by atoms with Crippen LogP contribution in [0.5, 0.6) is 0 Å². The molecular formula is C12H11FN2O2. The standard InChI is InChI=1S/C12H11FN2O2/c1-14-12-15(6-7-17-12)8-11(16)9-2-4-10(13)5-3-9/h2-7H,8H2,1H3. The predicted molar refractivity (Wildman–Crippen MR) is 58.9 cm³/mol. The second kappa shape index (κ2) is 4.78. The van der Waals surface area contributed by atoms with Gasteiger partial charge in [0.2, 0.25) is 0 Å². The Morgan fingerprint density at radius 1 is 1.41 bits per heavy atom. The average Bonchev–Trinajstić information content (AvgIpc) is 2.77. The summed E-state index contributed by atoms with van der Waals surface area (Å²) in [6.07, 6.45) is 3.09. The quantitative estimate of drug-likeness (QED) is 0.758. The highest BCUT2D eigenvalue weighted by Crippen LogP contribution is 2.04. The van der Waals surface area contributed by atoms with Gasteiger partial charge in [-0.3, -0.25) is 9.36 Å². The molecule has 0 unspecified atom stereocenters. The molecule has 2 aromatic rings. The number of carbonyl (C=O) groups is 1. The molecule has 0 atom stereocenters. The molecule has 2 rings (SSSR count). The van der Waals surface area contributed by atoms with Gasteiger partial charge in [-0.2, -0.15) is 0 Å². The predicted octanol–water partition coefficient (Wildman–Crippen LogP) is 1.63. The molecule has 0 saturated heterocycles. The van der Waals surface area contributed by atoms with Crippen LogP contribution >= 0.6 is 0 Å². The minimum absolute atomic E-state index is 0.120. The summed E-state index contributed by atoms with van der Waals surface area (Å²) in [5.74, 6) is -0.483. The number of hydrogen-bond donors (Lipinski definition) is 0. The second-order valence-corrected chi connectivity index (χ2v) is 3.47. The number of rotatable bonds is 3. The van der Waals surface area contributed by atoms with Gasteiger partial charge in [-0.05, 0) is 24.3 Å². The van der Waals surface area contributed by atoms with E-state index in [0.29, 0.717) is 11.2 Å². The van der Waals surface area contributed by atoms with Gasteiger partial charge in [0, 0.05) is 18.8 Å². The molecule has 17 heavy (non-hydrogen) atoms. The van der Waals surface area contributed by atoms with Crippen molar-refractivity contribution in [2.24, 2.45) is 4.99 Å². The number of halogens is 1. The summed E-state index contributed by atoms with van der Waals surface area (Å²) < 4.78 is 19.3. The molecule has 0 saturated carbocycles. The molecule has 0 spiro atoms. The Morgan fingerprint density at radius 3 is 2.76 bits per heavy atom. The van der Waals surface area contributed by atoms with Crippen molar-refractivity contribution in [3.8, 4) is 0 Å². The van der Waals surface area contributed by atoms with Crippen molar-refractivity contribution in [2.75, 3.05) is 7.05 Å². The van der Waals surface area contributed by atoms with E-state index in [-0.39, 0.29) is 18.1 Å². The summed E-state index contributed by atoms with van der Waals surface area (Å²) in [6.45, 7) is 0.120. The van der Waals surface area contributed by atoms with Crippen molar-refractivity contribution in [3.63, 3.8) is 0 Å². The number of benzene rings is 1. The third-order valence-corrected chi connectivity index (χ3v) is 2.33. The average molecular weight is 234 g/mol. The number of hydrogen-bond acceptors (Lipinski definition) is 3. The van der Waals surface area contributed by atoms with Crippen molar-refractivity contribution in [2.45, 2.75) is 6.54 Å². The molecule has 1 aromatic carbocycles. The van der Waals surface area contributed by atoms with E-state index in [1.807, 2.05) is 0 Å². The van der Waals surface area contributed by atoms with E-state index in [1.165, 1.54) is 30.5 Å². The van der Waals surface area contributed by atoms with Crippen LogP contribution in [0.25, 0.3) is 0 Å². The number of carbonyl (C=O) groups excluding carboxylic acids is 1. The van der Waals surface area contributed by atoms with E-state index in [4.69, 9.17) is 4.42 Å². The van der Waals surface area contributed by atoms with Crippen molar-refractivity contribution in [3.05, 3.63) is 53.8 Å². The van der Waals surface area contributed by atoms with E-state index in [1.54, 1.807) is 17.8 Å². The van der Waals surface area contributed by atoms with Gasteiger partial charge in [0.05, 0.1) is 6.54 Å². The van der Waals surface area contributed by atoms with Gasteiger partial charge in [0.15, 0.2) is 5.78 Å². The lowest BCUT2D eigenvalue weighted by molar-refractivity contribution is 0.0969. The number of nitrogens with zero attached hydrogens (tertiary/aromatic N) is 2. The summed E-state index contributed by atoms with van der Waals surface area (Å²) >= 11 is 0. The van der Waals surface area contributed by atoms with E-state index >= 15 is 0 Å². The molecule has 4 nitrogen and oxygen atoms in total. The maximum atomic E-state index is 12.7. The van der Waals surface area contributed by atoms with Crippen molar-refractivity contribution >= 4 is 5.78 Å². The summed E-state index contributed by atoms with van der Waals surface area (Å²) in [7, 11) is 1.58. The topological polar surface area (TPSA) is 47.5 Å². The Hall–Kier alpha value is -2.17. The summed E-state index contributed by atoms with van der Waals surface area (Å²) in [6, 6.07) is 5.44. The first-order chi connectivity index (χ1) is 8.20. The van der Waals surface area contributed by atoms with Crippen LogP contribution in [0.4, 0.5) is 4.39 Å². The van der Waals surface area contributed by atoms with E-state index in [2.05, 4.69) is 4.99 Å². The third-order valence-electron chi connectivity index (χ3n) is 2.33.